The maximum Gasteiger partial charge on any atom is 0.416 e. The molecule has 1 aromatic carbocycles. The molecule has 2 rings (SSSR count). The van der Waals surface area contributed by atoms with Crippen molar-refractivity contribution in [3.63, 3.8) is 0 Å². The summed E-state index contributed by atoms with van der Waals surface area (Å²) in [6, 6.07) is 5.12. The molecule has 3 atom stereocenters. The topological polar surface area (TPSA) is 58.6 Å². The minimum Gasteiger partial charge on any atom is -0.396 e. The number of amides is 1. The number of benzene rings is 1. The zero-order chi connectivity index (χ0) is 18.0. The Morgan fingerprint density at radius 1 is 1.42 bits per heavy atom. The molecule has 0 bridgehead atoms. The van der Waals surface area contributed by atoms with Gasteiger partial charge in [-0.2, -0.15) is 13.2 Å². The van der Waals surface area contributed by atoms with Crippen molar-refractivity contribution in [1.29, 1.82) is 0 Å². The molecule has 1 fully saturated rings. The Morgan fingerprint density at radius 2 is 2.12 bits per heavy atom. The average Bonchev–Trinajstić information content (AvgIpc) is 3.27. The molecule has 2 N–H and O–H groups in total. The maximum atomic E-state index is 12.8. The summed E-state index contributed by atoms with van der Waals surface area (Å²) in [7, 11) is 1.50. The van der Waals surface area contributed by atoms with Crippen molar-refractivity contribution in [2.24, 2.45) is 5.92 Å². The number of carbonyl (C=O) groups is 1. The fraction of sp³-hybridized carbons (Fsp3) is 0.588. The van der Waals surface area contributed by atoms with E-state index in [1.165, 1.54) is 13.2 Å². The van der Waals surface area contributed by atoms with Crippen molar-refractivity contribution in [2.45, 2.75) is 37.4 Å². The zero-order valence-corrected chi connectivity index (χ0v) is 13.7. The number of halogens is 3. The molecule has 1 aromatic rings. The number of rotatable bonds is 7. The van der Waals surface area contributed by atoms with Gasteiger partial charge in [-0.05, 0) is 37.3 Å². The molecule has 4 nitrogen and oxygen atoms in total. The lowest BCUT2D eigenvalue weighted by molar-refractivity contribution is -0.137. The van der Waals surface area contributed by atoms with Gasteiger partial charge in [-0.25, -0.2) is 0 Å². The van der Waals surface area contributed by atoms with Crippen LogP contribution in [-0.4, -0.2) is 36.9 Å². The summed E-state index contributed by atoms with van der Waals surface area (Å²) >= 11 is 0. The van der Waals surface area contributed by atoms with Gasteiger partial charge in [-0.15, -0.1) is 0 Å². The van der Waals surface area contributed by atoms with Gasteiger partial charge in [-0.3, -0.25) is 4.79 Å². The van der Waals surface area contributed by atoms with Gasteiger partial charge in [0, 0.05) is 19.6 Å². The molecule has 0 radical (unpaired) electrons. The first-order chi connectivity index (χ1) is 11.2. The zero-order valence-electron chi connectivity index (χ0n) is 13.7. The molecule has 3 unspecified atom stereocenters. The Morgan fingerprint density at radius 3 is 2.71 bits per heavy atom. The van der Waals surface area contributed by atoms with Crippen LogP contribution in [0.25, 0.3) is 0 Å². The Balaban J connectivity index is 2.03. The van der Waals surface area contributed by atoms with Gasteiger partial charge in [0.2, 0.25) is 5.91 Å². The van der Waals surface area contributed by atoms with E-state index in [0.717, 1.165) is 12.1 Å². The summed E-state index contributed by atoms with van der Waals surface area (Å²) in [5, 5.41) is 12.0. The minimum absolute atomic E-state index is 0.0954. The van der Waals surface area contributed by atoms with Crippen molar-refractivity contribution < 1.29 is 27.8 Å². The smallest absolute Gasteiger partial charge is 0.396 e. The normalized spacial score (nSPS) is 22.8. The Bertz CT molecular complexity index is 583. The summed E-state index contributed by atoms with van der Waals surface area (Å²) in [4.78, 5) is 12.4. The first kappa shape index (κ1) is 18.7. The summed E-state index contributed by atoms with van der Waals surface area (Å²) in [6.07, 6.45) is -3.52. The second kappa shape index (κ2) is 7.11. The largest absolute Gasteiger partial charge is 0.416 e. The molecule has 0 saturated heterocycles. The monoisotopic (exact) mass is 345 g/mol. The van der Waals surface area contributed by atoms with Crippen LogP contribution >= 0.6 is 0 Å². The van der Waals surface area contributed by atoms with Crippen molar-refractivity contribution in [1.82, 2.24) is 5.32 Å². The highest BCUT2D eigenvalue weighted by Gasteiger charge is 2.46. The number of methoxy groups -OCH3 is 1. The molecule has 134 valence electrons. The van der Waals surface area contributed by atoms with Crippen LogP contribution in [0.15, 0.2) is 24.3 Å². The fourth-order valence-corrected chi connectivity index (χ4v) is 2.93. The highest BCUT2D eigenvalue weighted by atomic mass is 19.4. The fourth-order valence-electron chi connectivity index (χ4n) is 2.93. The SMILES string of the molecule is COCC(C)(CCO)NC(=O)C1CC1c1cccc(C(F)(F)F)c1. The van der Waals surface area contributed by atoms with Crippen LogP contribution < -0.4 is 5.32 Å². The van der Waals surface area contributed by atoms with E-state index in [2.05, 4.69) is 5.32 Å². The average molecular weight is 345 g/mol. The van der Waals surface area contributed by atoms with E-state index < -0.39 is 17.3 Å². The number of aliphatic hydroxyl groups excluding tert-OH is 1. The van der Waals surface area contributed by atoms with Crippen LogP contribution in [-0.2, 0) is 15.7 Å². The molecule has 1 aliphatic rings. The van der Waals surface area contributed by atoms with Crippen LogP contribution in [0.5, 0.6) is 0 Å². The standard InChI is InChI=1S/C17H22F3NO3/c1-16(6-7-22,10-24-2)21-15(23)14-9-13(14)11-4-3-5-12(8-11)17(18,19)20/h3-5,8,13-14,22H,6-7,9-10H2,1-2H3,(H,21,23). The van der Waals surface area contributed by atoms with Gasteiger partial charge >= 0.3 is 6.18 Å². The lowest BCUT2D eigenvalue weighted by Crippen LogP contribution is -2.50. The summed E-state index contributed by atoms with van der Waals surface area (Å²) in [5.74, 6) is -0.762. The molecule has 24 heavy (non-hydrogen) atoms. The second-order valence-electron chi connectivity index (χ2n) is 6.53. The molecule has 1 aliphatic carbocycles. The number of aliphatic hydroxyl groups is 1. The van der Waals surface area contributed by atoms with Crippen LogP contribution in [0.4, 0.5) is 13.2 Å². The van der Waals surface area contributed by atoms with Crippen LogP contribution in [0.3, 0.4) is 0 Å². The van der Waals surface area contributed by atoms with E-state index in [1.807, 2.05) is 0 Å². The molecule has 1 saturated carbocycles. The molecule has 7 heteroatoms. The van der Waals surface area contributed by atoms with Gasteiger partial charge < -0.3 is 15.2 Å². The molecular weight excluding hydrogens is 323 g/mol. The predicted molar refractivity (Wildman–Crippen MR) is 82.4 cm³/mol. The number of alkyl halides is 3. The van der Waals surface area contributed by atoms with Gasteiger partial charge in [0.15, 0.2) is 0 Å². The number of nitrogens with one attached hydrogen (secondary N) is 1. The van der Waals surface area contributed by atoms with Crippen LogP contribution in [0.1, 0.15) is 36.8 Å². The first-order valence-electron chi connectivity index (χ1n) is 7.79. The van der Waals surface area contributed by atoms with E-state index in [-0.39, 0.29) is 31.0 Å². The number of hydrogen-bond acceptors (Lipinski definition) is 3. The van der Waals surface area contributed by atoms with Gasteiger partial charge in [-0.1, -0.05) is 18.2 Å². The molecular formula is C17H22F3NO3. The van der Waals surface area contributed by atoms with Crippen molar-refractivity contribution in [2.75, 3.05) is 20.3 Å². The summed E-state index contributed by atoms with van der Waals surface area (Å²) in [6.45, 7) is 1.92. The first-order valence-corrected chi connectivity index (χ1v) is 7.79. The Hall–Kier alpha value is -1.60. The van der Waals surface area contributed by atoms with Crippen LogP contribution in [0, 0.1) is 5.92 Å². The van der Waals surface area contributed by atoms with Crippen molar-refractivity contribution in [3.8, 4) is 0 Å². The lowest BCUT2D eigenvalue weighted by Gasteiger charge is -2.29. The molecule has 1 amide bonds. The van der Waals surface area contributed by atoms with Gasteiger partial charge in [0.05, 0.1) is 17.7 Å². The molecule has 0 aliphatic heterocycles. The quantitative estimate of drug-likeness (QED) is 0.799. The highest BCUT2D eigenvalue weighted by Crippen LogP contribution is 2.48. The van der Waals surface area contributed by atoms with Crippen LogP contribution in [0.2, 0.25) is 0 Å². The van der Waals surface area contributed by atoms with Gasteiger partial charge in [0.25, 0.3) is 0 Å². The predicted octanol–water partition coefficient (Wildman–Crippen LogP) is 2.71. The van der Waals surface area contributed by atoms with E-state index in [1.54, 1.807) is 13.0 Å². The highest BCUT2D eigenvalue weighted by molar-refractivity contribution is 5.83. The van der Waals surface area contributed by atoms with Gasteiger partial charge in [0.1, 0.15) is 0 Å². The Kier molecular flexibility index (Phi) is 5.55. The maximum absolute atomic E-state index is 12.8. The minimum atomic E-state index is -4.39. The third-order valence-corrected chi connectivity index (χ3v) is 4.32. The number of carbonyl (C=O) groups excluding carboxylic acids is 1. The van der Waals surface area contributed by atoms with E-state index in [0.29, 0.717) is 18.4 Å². The van der Waals surface area contributed by atoms with E-state index >= 15 is 0 Å². The number of ether oxygens (including phenoxy) is 1. The van der Waals surface area contributed by atoms with Crippen molar-refractivity contribution >= 4 is 5.91 Å². The van der Waals surface area contributed by atoms with Crippen molar-refractivity contribution in [3.05, 3.63) is 35.4 Å². The third kappa shape index (κ3) is 4.48. The number of hydrogen-bond donors (Lipinski definition) is 2. The second-order valence-corrected chi connectivity index (χ2v) is 6.53. The Labute approximate surface area is 139 Å². The summed E-state index contributed by atoms with van der Waals surface area (Å²) in [5.41, 5.74) is -0.863. The van der Waals surface area contributed by atoms with E-state index in [9.17, 15) is 18.0 Å². The van der Waals surface area contributed by atoms with E-state index in [4.69, 9.17) is 9.84 Å². The summed E-state index contributed by atoms with van der Waals surface area (Å²) < 4.78 is 43.4. The lowest BCUT2D eigenvalue weighted by atomic mass is 9.98. The molecule has 0 spiro atoms. The molecule has 0 aromatic heterocycles. The third-order valence-electron chi connectivity index (χ3n) is 4.32. The molecule has 0 heterocycles.